The number of amides is 1. The number of nitrogens with one attached hydrogen (secondary N) is 1. The first-order chi connectivity index (χ1) is 13.3. The van der Waals surface area contributed by atoms with E-state index in [9.17, 15) is 9.59 Å². The second kappa shape index (κ2) is 8.10. The molecule has 0 spiro atoms. The maximum Gasteiger partial charge on any atom is 0.220 e. The molecule has 1 heterocycles. The van der Waals surface area contributed by atoms with Gasteiger partial charge in [0.1, 0.15) is 6.29 Å². The third kappa shape index (κ3) is 3.61. The number of nitrogen functional groups attached to an aromatic ring is 1. The highest BCUT2D eigenvalue weighted by Gasteiger charge is 2.51. The summed E-state index contributed by atoms with van der Waals surface area (Å²) < 4.78 is 0.823. The average molecular weight is 462 g/mol. The van der Waals surface area contributed by atoms with Gasteiger partial charge in [-0.2, -0.15) is 0 Å². The van der Waals surface area contributed by atoms with Crippen molar-refractivity contribution >= 4 is 45.4 Å². The molecule has 1 aliphatic heterocycles. The van der Waals surface area contributed by atoms with Gasteiger partial charge in [-0.1, -0.05) is 57.9 Å². The molecule has 146 valence electrons. The van der Waals surface area contributed by atoms with E-state index < -0.39 is 11.3 Å². The summed E-state index contributed by atoms with van der Waals surface area (Å²) in [6.07, 6.45) is 1.09. The summed E-state index contributed by atoms with van der Waals surface area (Å²) in [5.74, 6) is -0.865. The summed E-state index contributed by atoms with van der Waals surface area (Å²) in [5.41, 5.74) is 8.15. The number of hydrogen-bond acceptors (Lipinski definition) is 3. The lowest BCUT2D eigenvalue weighted by Gasteiger charge is -2.42. The molecule has 0 saturated carbocycles. The Morgan fingerprint density at radius 3 is 2.71 bits per heavy atom. The number of aldehydes is 1. The first-order valence-corrected chi connectivity index (χ1v) is 10.2. The second-order valence-corrected chi connectivity index (χ2v) is 8.65. The molecule has 3 atom stereocenters. The van der Waals surface area contributed by atoms with Crippen LogP contribution in [0.3, 0.4) is 0 Å². The Balaban J connectivity index is 2.35. The highest BCUT2D eigenvalue weighted by molar-refractivity contribution is 9.10. The van der Waals surface area contributed by atoms with E-state index in [1.807, 2.05) is 37.3 Å². The molecule has 3 N–H and O–H groups in total. The predicted molar refractivity (Wildman–Crippen MR) is 116 cm³/mol. The molecule has 0 aliphatic carbocycles. The van der Waals surface area contributed by atoms with Crippen LogP contribution in [0.4, 0.5) is 5.69 Å². The minimum atomic E-state index is -1.06. The summed E-state index contributed by atoms with van der Waals surface area (Å²) >= 11 is 9.67. The van der Waals surface area contributed by atoms with Crippen LogP contribution in [0.2, 0.25) is 5.02 Å². The van der Waals surface area contributed by atoms with Gasteiger partial charge in [0.25, 0.3) is 0 Å². The summed E-state index contributed by atoms with van der Waals surface area (Å²) in [7, 11) is 0. The maximum absolute atomic E-state index is 12.9. The van der Waals surface area contributed by atoms with Crippen LogP contribution >= 0.6 is 27.5 Å². The lowest BCUT2D eigenvalue weighted by Crippen LogP contribution is -2.45. The van der Waals surface area contributed by atoms with Gasteiger partial charge in [-0.05, 0) is 42.3 Å². The van der Waals surface area contributed by atoms with Crippen molar-refractivity contribution in [2.75, 3.05) is 12.3 Å². The number of anilines is 1. The van der Waals surface area contributed by atoms with Crippen molar-refractivity contribution in [1.29, 1.82) is 0 Å². The fourth-order valence-corrected chi connectivity index (χ4v) is 4.86. The number of carbonyl (C=O) groups is 2. The average Bonchev–Trinajstić information content (AvgIpc) is 2.78. The van der Waals surface area contributed by atoms with E-state index in [0.29, 0.717) is 22.8 Å². The Morgan fingerprint density at radius 1 is 1.36 bits per heavy atom. The van der Waals surface area contributed by atoms with Gasteiger partial charge >= 0.3 is 0 Å². The van der Waals surface area contributed by atoms with Crippen LogP contribution in [0.15, 0.2) is 59.1 Å². The van der Waals surface area contributed by atoms with Crippen LogP contribution in [-0.2, 0) is 15.0 Å². The Hall–Kier alpha value is -2.11. The standard InChI is InChI=1S/C22H22BrClN2O2/c1-13(2)19-11-26-21(28)10-18(14-4-3-5-16(24)8-14)22(19,12-27)17-7-6-15(23)9-20(17)25/h3-9,12,18-19H,1,10-11,25H2,2H3,(H,26,28)/t18-,19+,22+/m0/s1. The van der Waals surface area contributed by atoms with Crippen LogP contribution in [0, 0.1) is 5.92 Å². The third-order valence-corrected chi connectivity index (χ3v) is 6.30. The van der Waals surface area contributed by atoms with Gasteiger partial charge in [0.2, 0.25) is 5.91 Å². The molecular formula is C22H22BrClN2O2. The minimum absolute atomic E-state index is 0.115. The van der Waals surface area contributed by atoms with Crippen molar-refractivity contribution in [3.8, 4) is 0 Å². The molecule has 2 aromatic rings. The van der Waals surface area contributed by atoms with Crippen LogP contribution in [0.5, 0.6) is 0 Å². The van der Waals surface area contributed by atoms with Crippen molar-refractivity contribution in [2.45, 2.75) is 24.7 Å². The van der Waals surface area contributed by atoms with Gasteiger partial charge in [0, 0.05) is 40.0 Å². The molecule has 0 radical (unpaired) electrons. The Morgan fingerprint density at radius 2 is 2.11 bits per heavy atom. The van der Waals surface area contributed by atoms with Gasteiger partial charge in [-0.25, -0.2) is 0 Å². The smallest absolute Gasteiger partial charge is 0.220 e. The van der Waals surface area contributed by atoms with Crippen molar-refractivity contribution < 1.29 is 9.59 Å². The van der Waals surface area contributed by atoms with Gasteiger partial charge < -0.3 is 15.8 Å². The lowest BCUT2D eigenvalue weighted by atomic mass is 9.59. The molecule has 0 unspecified atom stereocenters. The summed E-state index contributed by atoms with van der Waals surface area (Å²) in [6, 6.07) is 12.8. The SMILES string of the molecule is C=C(C)[C@H]1CNC(=O)C[C@@H](c2cccc(Cl)c2)[C@@]1(C=O)c1ccc(Br)cc1N. The van der Waals surface area contributed by atoms with Crippen LogP contribution in [-0.4, -0.2) is 18.7 Å². The summed E-state index contributed by atoms with van der Waals surface area (Å²) in [5, 5.41) is 3.49. The third-order valence-electron chi connectivity index (χ3n) is 5.57. The fraction of sp³-hybridized carbons (Fsp3) is 0.273. The number of carbonyl (C=O) groups excluding carboxylic acids is 2. The molecule has 1 saturated heterocycles. The molecule has 4 nitrogen and oxygen atoms in total. The van der Waals surface area contributed by atoms with Crippen LogP contribution < -0.4 is 11.1 Å². The normalized spacial score (nSPS) is 24.9. The molecule has 6 heteroatoms. The minimum Gasteiger partial charge on any atom is -0.398 e. The van der Waals surface area contributed by atoms with Crippen molar-refractivity contribution in [2.24, 2.45) is 5.92 Å². The molecule has 0 bridgehead atoms. The monoisotopic (exact) mass is 460 g/mol. The zero-order chi connectivity index (χ0) is 20.5. The molecule has 28 heavy (non-hydrogen) atoms. The molecule has 3 rings (SSSR count). The van der Waals surface area contributed by atoms with E-state index in [-0.39, 0.29) is 18.2 Å². The Kier molecular flexibility index (Phi) is 5.96. The van der Waals surface area contributed by atoms with E-state index in [0.717, 1.165) is 21.9 Å². The molecular weight excluding hydrogens is 440 g/mol. The van der Waals surface area contributed by atoms with E-state index in [1.165, 1.54) is 0 Å². The largest absolute Gasteiger partial charge is 0.398 e. The first-order valence-electron chi connectivity index (χ1n) is 8.99. The van der Waals surface area contributed by atoms with Crippen LogP contribution in [0.25, 0.3) is 0 Å². The molecule has 1 fully saturated rings. The quantitative estimate of drug-likeness (QED) is 0.396. The predicted octanol–water partition coefficient (Wildman–Crippen LogP) is 4.62. The van der Waals surface area contributed by atoms with Gasteiger partial charge in [0.15, 0.2) is 0 Å². The number of halogens is 2. The highest BCUT2D eigenvalue weighted by Crippen LogP contribution is 2.50. The Bertz CT molecular complexity index is 946. The van der Waals surface area contributed by atoms with Crippen molar-refractivity contribution in [1.82, 2.24) is 5.32 Å². The van der Waals surface area contributed by atoms with E-state index >= 15 is 0 Å². The number of hydrogen-bond donors (Lipinski definition) is 2. The van der Waals surface area contributed by atoms with Gasteiger partial charge in [-0.15, -0.1) is 0 Å². The van der Waals surface area contributed by atoms with E-state index in [2.05, 4.69) is 27.8 Å². The van der Waals surface area contributed by atoms with E-state index in [4.69, 9.17) is 17.3 Å². The van der Waals surface area contributed by atoms with Crippen molar-refractivity contribution in [3.63, 3.8) is 0 Å². The van der Waals surface area contributed by atoms with Crippen molar-refractivity contribution in [3.05, 3.63) is 75.2 Å². The fourth-order valence-electron chi connectivity index (χ4n) is 4.28. The number of benzene rings is 2. The van der Waals surface area contributed by atoms with Gasteiger partial charge in [-0.3, -0.25) is 4.79 Å². The molecule has 0 aromatic heterocycles. The molecule has 1 aliphatic rings. The lowest BCUT2D eigenvalue weighted by molar-refractivity contribution is -0.121. The summed E-state index contributed by atoms with van der Waals surface area (Å²) in [4.78, 5) is 25.4. The highest BCUT2D eigenvalue weighted by atomic mass is 79.9. The molecule has 2 aromatic carbocycles. The maximum atomic E-state index is 12.9. The molecule has 1 amide bonds. The van der Waals surface area contributed by atoms with E-state index in [1.54, 1.807) is 12.1 Å². The topological polar surface area (TPSA) is 72.2 Å². The number of rotatable bonds is 4. The zero-order valence-electron chi connectivity index (χ0n) is 15.5. The van der Waals surface area contributed by atoms with Gasteiger partial charge in [0.05, 0.1) is 5.41 Å². The summed E-state index contributed by atoms with van der Waals surface area (Å²) in [6.45, 7) is 6.32. The number of nitrogens with two attached hydrogens (primary N) is 1. The Labute approximate surface area is 178 Å². The first kappa shape index (κ1) is 20.6. The second-order valence-electron chi connectivity index (χ2n) is 7.30. The zero-order valence-corrected chi connectivity index (χ0v) is 17.9. The van der Waals surface area contributed by atoms with Crippen LogP contribution in [0.1, 0.15) is 30.4 Å².